The second-order valence-corrected chi connectivity index (χ2v) is 22.3. The molecule has 0 radical (unpaired) electrons. The van der Waals surface area contributed by atoms with Crippen molar-refractivity contribution < 1.29 is 66.7 Å². The maximum Gasteiger partial charge on any atom is 0.339 e. The summed E-state index contributed by atoms with van der Waals surface area (Å²) in [5, 5.41) is 0. The Kier molecular flexibility index (Phi) is 21.5. The van der Waals surface area contributed by atoms with Gasteiger partial charge >= 0.3 is 41.8 Å². The predicted octanol–water partition coefficient (Wildman–Crippen LogP) is 11.7. The quantitative estimate of drug-likeness (QED) is 0.0301. The normalized spacial score (nSPS) is 21.3. The molecule has 0 N–H and O–H groups in total. The zero-order chi connectivity index (χ0) is 59.7. The van der Waals surface area contributed by atoms with Gasteiger partial charge in [0.25, 0.3) is 0 Å². The van der Waals surface area contributed by atoms with Crippen LogP contribution < -0.4 is 9.47 Å². The summed E-state index contributed by atoms with van der Waals surface area (Å²) < 4.78 is 39.8. The highest BCUT2D eigenvalue weighted by Crippen LogP contribution is 2.41. The lowest BCUT2D eigenvalue weighted by atomic mass is 9.76. The fraction of sp³-hybridized carbons (Fsp3) is 0.406. The molecule has 0 bridgehead atoms. The van der Waals surface area contributed by atoms with E-state index < -0.39 is 71.2 Å². The molecule has 4 aromatic rings. The monoisotopic (exact) mass is 1120 g/mol. The van der Waals surface area contributed by atoms with Crippen LogP contribution >= 0.6 is 0 Å². The molecule has 4 aromatic carbocycles. The van der Waals surface area contributed by atoms with E-state index in [0.717, 1.165) is 40.0 Å². The molecular weight excluding hydrogens is 1050 g/mol. The molecule has 0 amide bonds. The molecule has 7 rings (SSSR count). The zero-order valence-electron chi connectivity index (χ0n) is 47.9. The lowest BCUT2D eigenvalue weighted by Crippen LogP contribution is -2.37. The highest BCUT2D eigenvalue weighted by molar-refractivity contribution is 5.90. The average Bonchev–Trinajstić information content (AvgIpc) is 3.57. The molecule has 14 heteroatoms. The van der Waals surface area contributed by atoms with Crippen LogP contribution in [0, 0.1) is 59.7 Å². The van der Waals surface area contributed by atoms with E-state index in [1.165, 1.54) is 0 Å². The Bertz CT molecular complexity index is 3150. The molecule has 3 saturated carbocycles. The van der Waals surface area contributed by atoms with Crippen molar-refractivity contribution in [3.8, 4) is 47.5 Å². The van der Waals surface area contributed by atoms with Crippen molar-refractivity contribution >= 4 is 41.8 Å². The maximum absolute atomic E-state index is 14.0. The van der Waals surface area contributed by atoms with Crippen molar-refractivity contribution in [3.05, 3.63) is 156 Å². The summed E-state index contributed by atoms with van der Waals surface area (Å²) in [4.78, 5) is 89.9. The van der Waals surface area contributed by atoms with Crippen LogP contribution in [0.5, 0.6) is 11.5 Å². The van der Waals surface area contributed by atoms with Gasteiger partial charge in [-0.15, -0.1) is 6.42 Å². The molecule has 3 atom stereocenters. The summed E-state index contributed by atoms with van der Waals surface area (Å²) in [6, 6.07) is 28.7. The highest BCUT2D eigenvalue weighted by Gasteiger charge is 2.40. The van der Waals surface area contributed by atoms with Gasteiger partial charge in [0.2, 0.25) is 0 Å². The van der Waals surface area contributed by atoms with E-state index in [9.17, 15) is 33.6 Å². The first kappa shape index (κ1) is 61.9. The Balaban J connectivity index is 0.944. The van der Waals surface area contributed by atoms with Gasteiger partial charge in [-0.05, 0) is 214 Å². The number of carbonyl (C=O) groups is 7. The number of ether oxygens (including phenoxy) is 7. The van der Waals surface area contributed by atoms with Crippen LogP contribution in [0.15, 0.2) is 122 Å². The summed E-state index contributed by atoms with van der Waals surface area (Å²) in [6.45, 7) is 15.4. The largest absolute Gasteiger partial charge is 0.459 e. The van der Waals surface area contributed by atoms with Gasteiger partial charge in [-0.3, -0.25) is 19.2 Å². The van der Waals surface area contributed by atoms with Crippen LogP contribution in [0.2, 0.25) is 0 Å². The zero-order valence-corrected chi connectivity index (χ0v) is 47.9. The van der Waals surface area contributed by atoms with Crippen molar-refractivity contribution in [1.29, 1.82) is 0 Å². The topological polar surface area (TPSA) is 184 Å². The summed E-state index contributed by atoms with van der Waals surface area (Å²) in [5.74, 6) is 11.6. The first-order chi connectivity index (χ1) is 39.7. The van der Waals surface area contributed by atoms with Gasteiger partial charge in [-0.1, -0.05) is 49.0 Å². The van der Waals surface area contributed by atoms with Gasteiger partial charge in [0.15, 0.2) is 5.60 Å². The number of terminal acetylenes is 1. The smallest absolute Gasteiger partial charge is 0.339 e. The Morgan fingerprint density at radius 1 is 0.554 bits per heavy atom. The fourth-order valence-corrected chi connectivity index (χ4v) is 10.6. The molecule has 0 aliphatic heterocycles. The number of benzene rings is 4. The number of hydrogen-bond donors (Lipinski definition) is 0. The van der Waals surface area contributed by atoms with Gasteiger partial charge in [-0.2, -0.15) is 0 Å². The van der Waals surface area contributed by atoms with E-state index in [1.807, 2.05) is 60.7 Å². The Morgan fingerprint density at radius 2 is 0.976 bits per heavy atom. The van der Waals surface area contributed by atoms with Crippen LogP contribution in [0.3, 0.4) is 0 Å². The molecule has 0 saturated heterocycles. The number of carbonyl (C=O) groups excluding carboxylic acids is 7. The molecule has 3 unspecified atom stereocenters. The van der Waals surface area contributed by atoms with Crippen molar-refractivity contribution in [3.63, 3.8) is 0 Å². The molecule has 0 spiro atoms. The Labute approximate surface area is 487 Å². The van der Waals surface area contributed by atoms with Gasteiger partial charge in [0.05, 0.1) is 29.2 Å². The molecule has 3 aliphatic carbocycles. The third-order valence-corrected chi connectivity index (χ3v) is 15.5. The minimum Gasteiger partial charge on any atom is -0.459 e. The van der Waals surface area contributed by atoms with Crippen molar-refractivity contribution in [2.75, 3.05) is 0 Å². The molecule has 0 heterocycles. The minimum absolute atomic E-state index is 0.102. The third kappa shape index (κ3) is 18.2. The van der Waals surface area contributed by atoms with Crippen molar-refractivity contribution in [2.45, 2.75) is 154 Å². The minimum atomic E-state index is -1.14. The van der Waals surface area contributed by atoms with E-state index in [2.05, 4.69) is 42.8 Å². The van der Waals surface area contributed by atoms with Crippen molar-refractivity contribution in [1.82, 2.24) is 0 Å². The predicted molar refractivity (Wildman–Crippen MR) is 310 cm³/mol. The first-order valence-corrected chi connectivity index (χ1v) is 28.4. The summed E-state index contributed by atoms with van der Waals surface area (Å²) >= 11 is 0. The molecule has 3 aliphatic rings. The second kappa shape index (κ2) is 28.8. The highest BCUT2D eigenvalue weighted by atomic mass is 16.6. The Hall–Kier alpha value is -8.67. The Morgan fingerprint density at radius 3 is 1.46 bits per heavy atom. The number of hydrogen-bond acceptors (Lipinski definition) is 14. The summed E-state index contributed by atoms with van der Waals surface area (Å²) in [5.41, 5.74) is 2.43. The van der Waals surface area contributed by atoms with Crippen LogP contribution in [0.1, 0.15) is 162 Å². The summed E-state index contributed by atoms with van der Waals surface area (Å²) in [6.07, 6.45) is 12.0. The first-order valence-electron chi connectivity index (χ1n) is 28.4. The van der Waals surface area contributed by atoms with Crippen LogP contribution in [0.4, 0.5) is 0 Å². The van der Waals surface area contributed by atoms with Crippen molar-refractivity contribution in [2.24, 2.45) is 23.7 Å². The van der Waals surface area contributed by atoms with Gasteiger partial charge in [-0.25, -0.2) is 14.4 Å². The third-order valence-electron chi connectivity index (χ3n) is 15.5. The molecule has 83 heavy (non-hydrogen) atoms. The van der Waals surface area contributed by atoms with Crippen LogP contribution in [-0.4, -0.2) is 71.3 Å². The van der Waals surface area contributed by atoms with E-state index in [0.29, 0.717) is 89.2 Å². The molecule has 3 fully saturated rings. The van der Waals surface area contributed by atoms with Crippen LogP contribution in [-0.2, 0) is 52.5 Å². The van der Waals surface area contributed by atoms with Gasteiger partial charge in [0.1, 0.15) is 35.4 Å². The van der Waals surface area contributed by atoms with Crippen LogP contribution in [0.25, 0.3) is 0 Å². The summed E-state index contributed by atoms with van der Waals surface area (Å²) in [7, 11) is 0. The lowest BCUT2D eigenvalue weighted by Gasteiger charge is -2.36. The van der Waals surface area contributed by atoms with E-state index >= 15 is 0 Å². The molecular formula is C69H72O14. The van der Waals surface area contributed by atoms with E-state index in [1.54, 1.807) is 71.0 Å². The fourth-order valence-electron chi connectivity index (χ4n) is 10.6. The van der Waals surface area contributed by atoms with E-state index in [4.69, 9.17) is 39.6 Å². The number of rotatable bonds is 18. The van der Waals surface area contributed by atoms with E-state index in [-0.39, 0.29) is 41.0 Å². The SMILES string of the molecule is C#Cc1ccc(C#Cc2ccc(C#CC3(OC(=O)c4ccc(OC(=O)C5CCC(C(=O)OC(C)C(C)OC(=O)C=C)CC5)cc4)CCC(c4ccc(OC(=O)C5CCC(C(=O)OC(C)(C)CC(C)OC(=O)C=C)CC5)cc4)CC3)cc2)cc1. The van der Waals surface area contributed by atoms with Gasteiger partial charge in [0, 0.05) is 40.8 Å². The van der Waals surface area contributed by atoms with Gasteiger partial charge < -0.3 is 33.2 Å². The molecule has 0 aromatic heterocycles. The lowest BCUT2D eigenvalue weighted by molar-refractivity contribution is -0.168. The average molecular weight is 1130 g/mol. The second-order valence-electron chi connectivity index (χ2n) is 22.3. The molecule has 14 nitrogen and oxygen atoms in total. The maximum atomic E-state index is 14.0. The standard InChI is InChI=1S/C69H72O14/c1-9-48-12-14-49(15-13-48)16-17-50-18-20-51(21-19-50)38-41-69(83-67(76)58-32-36-60(37-33-58)81-64(73)55-24-22-54(23-25-55)63(72)79-47(6)46(5)78-62(71)11-3)42-39-53(40-43-69)52-30-34-59(35-31-52)80-65(74)56-26-28-57(29-27-56)66(75)82-68(7,8)44-45(4)77-61(70)10-2/h1,10-15,18-21,30-37,45-47,53-57H,2-3,22-29,39-40,42-44H2,4-8H3. The molecule has 432 valence electrons. The number of esters is 7.